The molecule has 2 aromatic heterocycles. The number of hydrogen-bond acceptors (Lipinski definition) is 4. The Morgan fingerprint density at radius 1 is 0.711 bits per heavy atom. The summed E-state index contributed by atoms with van der Waals surface area (Å²) in [4.78, 5) is 10.2. The lowest BCUT2D eigenvalue weighted by Crippen LogP contribution is -2.48. The molecule has 0 atom stereocenters. The van der Waals surface area contributed by atoms with Gasteiger partial charge in [-0.3, -0.25) is 4.90 Å². The lowest BCUT2D eigenvalue weighted by atomic mass is 9.96. The fourth-order valence-electron chi connectivity index (χ4n) is 6.04. The molecular formula is C33H35N5. The van der Waals surface area contributed by atoms with Crippen molar-refractivity contribution in [1.29, 1.82) is 0 Å². The second-order valence-corrected chi connectivity index (χ2v) is 10.2. The maximum absolute atomic E-state index is 5.08. The van der Waals surface area contributed by atoms with Gasteiger partial charge in [-0.2, -0.15) is 9.61 Å². The van der Waals surface area contributed by atoms with Gasteiger partial charge in [0.15, 0.2) is 5.65 Å². The number of aryl methyl sites for hydroxylation is 2. The van der Waals surface area contributed by atoms with Crippen molar-refractivity contribution >= 4 is 11.5 Å². The van der Waals surface area contributed by atoms with Crippen LogP contribution in [0, 0.1) is 13.8 Å². The third-order valence-corrected chi connectivity index (χ3v) is 7.84. The number of aromatic nitrogens is 3. The fraction of sp³-hybridized carbons (Fsp3) is 0.273. The summed E-state index contributed by atoms with van der Waals surface area (Å²) in [5, 5.41) is 5.06. The third-order valence-electron chi connectivity index (χ3n) is 7.84. The predicted octanol–water partition coefficient (Wildman–Crippen LogP) is 6.49. The molecule has 1 saturated heterocycles. The molecule has 0 spiro atoms. The highest BCUT2D eigenvalue weighted by molar-refractivity contribution is 5.81. The Balaban J connectivity index is 1.36. The van der Waals surface area contributed by atoms with Crippen LogP contribution >= 0.6 is 0 Å². The molecule has 0 radical (unpaired) electrons. The van der Waals surface area contributed by atoms with Gasteiger partial charge in [0.25, 0.3) is 0 Å². The average molecular weight is 502 g/mol. The van der Waals surface area contributed by atoms with Gasteiger partial charge in [0, 0.05) is 43.0 Å². The van der Waals surface area contributed by atoms with Crippen LogP contribution in [0.4, 0.5) is 5.82 Å². The Hall–Kier alpha value is -3.96. The smallest absolute Gasteiger partial charge is 0.165 e. The first-order valence-electron chi connectivity index (χ1n) is 13.7. The number of nitrogens with zero attached hydrogens (tertiary/aromatic N) is 5. The normalized spacial score (nSPS) is 14.5. The summed E-state index contributed by atoms with van der Waals surface area (Å²) in [5.74, 6) is 1.20. The Labute approximate surface area is 225 Å². The van der Waals surface area contributed by atoms with Crippen molar-refractivity contribution < 1.29 is 0 Å². The van der Waals surface area contributed by atoms with Gasteiger partial charge in [-0.25, -0.2) is 4.98 Å². The van der Waals surface area contributed by atoms with Crippen molar-refractivity contribution in [2.24, 2.45) is 0 Å². The molecular weight excluding hydrogens is 466 g/mol. The van der Waals surface area contributed by atoms with E-state index in [-0.39, 0.29) is 6.04 Å². The molecule has 5 heteroatoms. The summed E-state index contributed by atoms with van der Waals surface area (Å²) in [5.41, 5.74) is 9.34. The number of hydrogen-bond donors (Lipinski definition) is 0. The first-order chi connectivity index (χ1) is 18.7. The van der Waals surface area contributed by atoms with Crippen molar-refractivity contribution in [1.82, 2.24) is 19.5 Å². The highest BCUT2D eigenvalue weighted by Crippen LogP contribution is 2.35. The molecule has 6 rings (SSSR count). The molecule has 5 aromatic rings. The van der Waals surface area contributed by atoms with Crippen molar-refractivity contribution in [3.8, 4) is 11.1 Å². The zero-order chi connectivity index (χ0) is 26.1. The Bertz CT molecular complexity index is 1480. The lowest BCUT2D eigenvalue weighted by molar-refractivity contribution is 0.211. The molecule has 3 aromatic carbocycles. The van der Waals surface area contributed by atoms with E-state index in [0.29, 0.717) is 0 Å². The molecule has 0 N–H and O–H groups in total. The molecule has 0 saturated carbocycles. The van der Waals surface area contributed by atoms with Gasteiger partial charge >= 0.3 is 0 Å². The van der Waals surface area contributed by atoms with Gasteiger partial charge in [-0.1, -0.05) is 97.9 Å². The SMILES string of the molecule is CCc1c(C)nc2c(-c3ccccc3)c(C)nn2c1N1CCN(C(c2ccccc2)c2ccccc2)CC1. The minimum absolute atomic E-state index is 0.251. The summed E-state index contributed by atoms with van der Waals surface area (Å²) in [6.45, 7) is 10.3. The van der Waals surface area contributed by atoms with E-state index in [0.717, 1.165) is 55.2 Å². The van der Waals surface area contributed by atoms with Crippen molar-refractivity contribution in [3.63, 3.8) is 0 Å². The molecule has 0 amide bonds. The molecule has 3 heterocycles. The highest BCUT2D eigenvalue weighted by atomic mass is 15.4. The quantitative estimate of drug-likeness (QED) is 0.267. The zero-order valence-corrected chi connectivity index (χ0v) is 22.5. The number of piperazine rings is 1. The van der Waals surface area contributed by atoms with Gasteiger partial charge in [-0.05, 0) is 37.0 Å². The van der Waals surface area contributed by atoms with E-state index < -0.39 is 0 Å². The van der Waals surface area contributed by atoms with Crippen LogP contribution in [0.15, 0.2) is 91.0 Å². The van der Waals surface area contributed by atoms with Crippen molar-refractivity contribution in [3.05, 3.63) is 119 Å². The van der Waals surface area contributed by atoms with Crippen molar-refractivity contribution in [2.75, 3.05) is 31.1 Å². The predicted molar refractivity (Wildman–Crippen MR) is 156 cm³/mol. The van der Waals surface area contributed by atoms with Gasteiger partial charge in [0.05, 0.1) is 11.7 Å². The van der Waals surface area contributed by atoms with Gasteiger partial charge in [-0.15, -0.1) is 0 Å². The molecule has 1 aliphatic heterocycles. The Kier molecular flexibility index (Phi) is 6.69. The average Bonchev–Trinajstić information content (AvgIpc) is 3.29. The second-order valence-electron chi connectivity index (χ2n) is 10.2. The second kappa shape index (κ2) is 10.4. The topological polar surface area (TPSA) is 36.7 Å². The highest BCUT2D eigenvalue weighted by Gasteiger charge is 2.29. The number of anilines is 1. The van der Waals surface area contributed by atoms with Crippen LogP contribution in [0.3, 0.4) is 0 Å². The Morgan fingerprint density at radius 3 is 1.82 bits per heavy atom. The zero-order valence-electron chi connectivity index (χ0n) is 22.5. The number of benzene rings is 3. The van der Waals surface area contributed by atoms with Crippen molar-refractivity contribution in [2.45, 2.75) is 33.2 Å². The number of rotatable bonds is 6. The summed E-state index contributed by atoms with van der Waals surface area (Å²) >= 11 is 0. The molecule has 192 valence electrons. The maximum Gasteiger partial charge on any atom is 0.165 e. The largest absolute Gasteiger partial charge is 0.354 e. The summed E-state index contributed by atoms with van der Waals surface area (Å²) in [6.07, 6.45) is 0.931. The van der Waals surface area contributed by atoms with E-state index in [1.807, 2.05) is 0 Å². The third kappa shape index (κ3) is 4.37. The Morgan fingerprint density at radius 2 is 1.26 bits per heavy atom. The van der Waals surface area contributed by atoms with Crippen LogP contribution in [0.2, 0.25) is 0 Å². The van der Waals surface area contributed by atoms with E-state index in [4.69, 9.17) is 10.1 Å². The molecule has 0 unspecified atom stereocenters. The van der Waals surface area contributed by atoms with E-state index in [9.17, 15) is 0 Å². The van der Waals surface area contributed by atoms with E-state index in [1.165, 1.54) is 28.1 Å². The molecule has 0 bridgehead atoms. The van der Waals surface area contributed by atoms with E-state index in [1.54, 1.807) is 0 Å². The minimum atomic E-state index is 0.251. The molecule has 0 aliphatic carbocycles. The van der Waals surface area contributed by atoms with Crippen LogP contribution < -0.4 is 4.90 Å². The van der Waals surface area contributed by atoms with Gasteiger partial charge < -0.3 is 4.90 Å². The fourth-order valence-corrected chi connectivity index (χ4v) is 6.04. The minimum Gasteiger partial charge on any atom is -0.354 e. The molecule has 1 fully saturated rings. The van der Waals surface area contributed by atoms with Crippen LogP contribution in [-0.4, -0.2) is 45.7 Å². The van der Waals surface area contributed by atoms with Crippen LogP contribution in [0.25, 0.3) is 16.8 Å². The van der Waals surface area contributed by atoms with Gasteiger partial charge in [0.1, 0.15) is 5.82 Å². The molecule has 1 aliphatic rings. The standard InChI is InChI=1S/C33H35N5/c1-4-29-24(2)34-32-30(26-14-8-5-9-15-26)25(3)35-38(32)33(29)37-22-20-36(21-23-37)31(27-16-10-6-11-17-27)28-18-12-7-13-19-28/h5-19,31H,4,20-23H2,1-3H3. The monoisotopic (exact) mass is 501 g/mol. The van der Waals surface area contributed by atoms with Crippen LogP contribution in [0.5, 0.6) is 0 Å². The van der Waals surface area contributed by atoms with Crippen LogP contribution in [0.1, 0.15) is 41.0 Å². The summed E-state index contributed by atoms with van der Waals surface area (Å²) in [6, 6.07) is 32.6. The van der Waals surface area contributed by atoms with Crippen LogP contribution in [-0.2, 0) is 6.42 Å². The van der Waals surface area contributed by atoms with Gasteiger partial charge in [0.2, 0.25) is 0 Å². The lowest BCUT2D eigenvalue weighted by Gasteiger charge is -2.41. The first-order valence-corrected chi connectivity index (χ1v) is 13.7. The number of fused-ring (bicyclic) bond motifs is 1. The molecule has 38 heavy (non-hydrogen) atoms. The van der Waals surface area contributed by atoms with E-state index in [2.05, 4.69) is 126 Å². The summed E-state index contributed by atoms with van der Waals surface area (Å²) < 4.78 is 2.12. The maximum atomic E-state index is 5.08. The first kappa shape index (κ1) is 24.4. The summed E-state index contributed by atoms with van der Waals surface area (Å²) in [7, 11) is 0. The molecule has 5 nitrogen and oxygen atoms in total. The van der Waals surface area contributed by atoms with E-state index >= 15 is 0 Å².